The number of aromatic hydroxyl groups is 2. The number of rotatable bonds is 2. The normalized spacial score (nSPS) is 19.6. The molecule has 92 valence electrons. The monoisotopic (exact) mass is 299 g/mol. The summed E-state index contributed by atoms with van der Waals surface area (Å²) in [4.78, 5) is 14.0. The highest BCUT2D eigenvalue weighted by molar-refractivity contribution is 9.09. The molecule has 1 atom stereocenters. The number of carbonyl (C=O) groups excluding carboxylic acids is 1. The lowest BCUT2D eigenvalue weighted by atomic mass is 10.1. The molecule has 0 aliphatic carbocycles. The Kier molecular flexibility index (Phi) is 3.57. The van der Waals surface area contributed by atoms with Crippen LogP contribution in [-0.2, 0) is 0 Å². The first-order valence-electron chi connectivity index (χ1n) is 5.52. The number of hydrogen-bond acceptors (Lipinski definition) is 3. The maximum atomic E-state index is 12.2. The van der Waals surface area contributed by atoms with E-state index in [2.05, 4.69) is 15.9 Å². The Morgan fingerprint density at radius 3 is 2.82 bits per heavy atom. The molecule has 0 bridgehead atoms. The van der Waals surface area contributed by atoms with E-state index in [1.165, 1.54) is 18.2 Å². The lowest BCUT2D eigenvalue weighted by Gasteiger charge is -2.23. The van der Waals surface area contributed by atoms with Crippen molar-refractivity contribution >= 4 is 21.8 Å². The number of phenolic OH excluding ortho intramolecular Hbond substituents is 2. The van der Waals surface area contributed by atoms with Gasteiger partial charge in [-0.3, -0.25) is 4.79 Å². The van der Waals surface area contributed by atoms with Crippen molar-refractivity contribution in [3.63, 3.8) is 0 Å². The molecule has 1 fully saturated rings. The molecule has 0 aromatic heterocycles. The van der Waals surface area contributed by atoms with E-state index in [1.54, 1.807) is 4.90 Å². The first kappa shape index (κ1) is 12.2. The lowest BCUT2D eigenvalue weighted by Crippen LogP contribution is -2.36. The van der Waals surface area contributed by atoms with Gasteiger partial charge in [-0.25, -0.2) is 0 Å². The number of nitrogens with zero attached hydrogens (tertiary/aromatic N) is 1. The fourth-order valence-corrected chi connectivity index (χ4v) is 2.76. The molecule has 2 N–H and O–H groups in total. The van der Waals surface area contributed by atoms with Gasteiger partial charge >= 0.3 is 0 Å². The van der Waals surface area contributed by atoms with Gasteiger partial charge in [-0.2, -0.15) is 0 Å². The molecular weight excluding hydrogens is 286 g/mol. The summed E-state index contributed by atoms with van der Waals surface area (Å²) in [7, 11) is 0. The van der Waals surface area contributed by atoms with Gasteiger partial charge in [0.15, 0.2) is 11.5 Å². The summed E-state index contributed by atoms with van der Waals surface area (Å²) in [5.41, 5.74) is 0.410. The van der Waals surface area contributed by atoms with E-state index in [1.807, 2.05) is 0 Å². The van der Waals surface area contributed by atoms with Gasteiger partial charge in [0.2, 0.25) is 0 Å². The van der Waals surface area contributed by atoms with Crippen LogP contribution in [0.25, 0.3) is 0 Å². The largest absolute Gasteiger partial charge is 0.504 e. The lowest BCUT2D eigenvalue weighted by molar-refractivity contribution is 0.0750. The maximum absolute atomic E-state index is 12.2. The minimum Gasteiger partial charge on any atom is -0.504 e. The summed E-state index contributed by atoms with van der Waals surface area (Å²) < 4.78 is 0. The van der Waals surface area contributed by atoms with Crippen LogP contribution in [0.5, 0.6) is 11.5 Å². The molecule has 1 aromatic rings. The van der Waals surface area contributed by atoms with E-state index < -0.39 is 0 Å². The number of amides is 1. The van der Waals surface area contributed by atoms with Crippen molar-refractivity contribution in [3.05, 3.63) is 23.8 Å². The summed E-state index contributed by atoms with van der Waals surface area (Å²) >= 11 is 3.40. The molecule has 1 aliphatic rings. The van der Waals surface area contributed by atoms with Crippen LogP contribution in [0, 0.1) is 0 Å². The molecule has 0 radical (unpaired) electrons. The van der Waals surface area contributed by atoms with Crippen LogP contribution in [0.1, 0.15) is 23.2 Å². The minimum atomic E-state index is -0.259. The molecule has 1 saturated heterocycles. The van der Waals surface area contributed by atoms with Gasteiger partial charge in [0.25, 0.3) is 5.91 Å². The van der Waals surface area contributed by atoms with Crippen LogP contribution in [0.15, 0.2) is 18.2 Å². The number of alkyl halides is 1. The highest BCUT2D eigenvalue weighted by Gasteiger charge is 2.28. The van der Waals surface area contributed by atoms with Crippen LogP contribution in [0.3, 0.4) is 0 Å². The van der Waals surface area contributed by atoms with Gasteiger partial charge in [-0.05, 0) is 31.0 Å². The van der Waals surface area contributed by atoms with E-state index in [0.29, 0.717) is 5.56 Å². The Morgan fingerprint density at radius 2 is 2.18 bits per heavy atom. The Hall–Kier alpha value is -1.23. The zero-order chi connectivity index (χ0) is 12.4. The van der Waals surface area contributed by atoms with Crippen molar-refractivity contribution < 1.29 is 15.0 Å². The number of likely N-dealkylation sites (tertiary alicyclic amines) is 1. The average Bonchev–Trinajstić information content (AvgIpc) is 2.80. The van der Waals surface area contributed by atoms with Gasteiger partial charge < -0.3 is 15.1 Å². The molecule has 2 rings (SSSR count). The van der Waals surface area contributed by atoms with Crippen LogP contribution < -0.4 is 0 Å². The van der Waals surface area contributed by atoms with Crippen molar-refractivity contribution in [2.45, 2.75) is 18.9 Å². The molecule has 5 heteroatoms. The SMILES string of the molecule is O=C(c1ccc(O)c(O)c1)N1CCCC1CBr. The molecule has 4 nitrogen and oxygen atoms in total. The molecule has 0 saturated carbocycles. The number of benzene rings is 1. The second-order valence-corrected chi connectivity index (χ2v) is 4.80. The first-order chi connectivity index (χ1) is 8.13. The molecule has 17 heavy (non-hydrogen) atoms. The summed E-state index contributed by atoms with van der Waals surface area (Å²) in [6.07, 6.45) is 2.01. The second-order valence-electron chi connectivity index (χ2n) is 4.15. The summed E-state index contributed by atoms with van der Waals surface area (Å²) in [6, 6.07) is 4.39. The predicted octanol–water partition coefficient (Wildman–Crippen LogP) is 2.10. The van der Waals surface area contributed by atoms with Crippen LogP contribution in [0.4, 0.5) is 0 Å². The molecule has 1 aliphatic heterocycles. The van der Waals surface area contributed by atoms with Gasteiger partial charge in [0.05, 0.1) is 0 Å². The highest BCUT2D eigenvalue weighted by atomic mass is 79.9. The van der Waals surface area contributed by atoms with E-state index in [0.717, 1.165) is 24.7 Å². The fourth-order valence-electron chi connectivity index (χ4n) is 2.09. The Balaban J connectivity index is 2.21. The van der Waals surface area contributed by atoms with Gasteiger partial charge in [0, 0.05) is 23.5 Å². The van der Waals surface area contributed by atoms with E-state index in [4.69, 9.17) is 0 Å². The topological polar surface area (TPSA) is 60.8 Å². The number of halogens is 1. The highest BCUT2D eigenvalue weighted by Crippen LogP contribution is 2.27. The maximum Gasteiger partial charge on any atom is 0.254 e. The van der Waals surface area contributed by atoms with Crippen molar-refractivity contribution in [3.8, 4) is 11.5 Å². The number of hydrogen-bond donors (Lipinski definition) is 2. The Labute approximate surface area is 108 Å². The van der Waals surface area contributed by atoms with Crippen molar-refractivity contribution in [2.24, 2.45) is 0 Å². The van der Waals surface area contributed by atoms with Gasteiger partial charge in [-0.15, -0.1) is 0 Å². The molecular formula is C12H14BrNO3. The van der Waals surface area contributed by atoms with E-state index in [9.17, 15) is 15.0 Å². The smallest absolute Gasteiger partial charge is 0.254 e. The second kappa shape index (κ2) is 4.96. The first-order valence-corrected chi connectivity index (χ1v) is 6.64. The Bertz CT molecular complexity index is 436. The van der Waals surface area contributed by atoms with Gasteiger partial charge in [-0.1, -0.05) is 15.9 Å². The molecule has 1 heterocycles. The molecule has 1 aromatic carbocycles. The molecule has 0 spiro atoms. The standard InChI is InChI=1S/C12H14BrNO3/c13-7-9-2-1-5-14(9)12(17)8-3-4-10(15)11(16)6-8/h3-4,6,9,15-16H,1-2,5,7H2. The van der Waals surface area contributed by atoms with Crippen molar-refractivity contribution in [1.82, 2.24) is 4.90 Å². The Morgan fingerprint density at radius 1 is 1.41 bits per heavy atom. The zero-order valence-corrected chi connectivity index (χ0v) is 10.9. The molecule has 1 amide bonds. The number of carbonyl (C=O) groups is 1. The van der Waals surface area contributed by atoms with Gasteiger partial charge in [0.1, 0.15) is 0 Å². The van der Waals surface area contributed by atoms with Crippen molar-refractivity contribution in [1.29, 1.82) is 0 Å². The quantitative estimate of drug-likeness (QED) is 0.649. The zero-order valence-electron chi connectivity index (χ0n) is 9.27. The third-order valence-electron chi connectivity index (χ3n) is 3.04. The fraction of sp³-hybridized carbons (Fsp3) is 0.417. The summed E-state index contributed by atoms with van der Waals surface area (Å²) in [5.74, 6) is -0.562. The molecule has 1 unspecified atom stereocenters. The van der Waals surface area contributed by atoms with Crippen LogP contribution in [-0.4, -0.2) is 38.9 Å². The third-order valence-corrected chi connectivity index (χ3v) is 3.79. The third kappa shape index (κ3) is 2.39. The summed E-state index contributed by atoms with van der Waals surface area (Å²) in [5, 5.41) is 19.4. The van der Waals surface area contributed by atoms with Crippen molar-refractivity contribution in [2.75, 3.05) is 11.9 Å². The van der Waals surface area contributed by atoms with Crippen LogP contribution in [0.2, 0.25) is 0 Å². The predicted molar refractivity (Wildman–Crippen MR) is 67.6 cm³/mol. The average molecular weight is 300 g/mol. The number of phenols is 2. The van der Waals surface area contributed by atoms with Crippen LogP contribution >= 0.6 is 15.9 Å². The summed E-state index contributed by atoms with van der Waals surface area (Å²) in [6.45, 7) is 0.747. The minimum absolute atomic E-state index is 0.0951. The van der Waals surface area contributed by atoms with E-state index in [-0.39, 0.29) is 23.4 Å². The van der Waals surface area contributed by atoms with E-state index >= 15 is 0 Å².